The Balaban J connectivity index is 1.65. The number of thiazole rings is 1. The second kappa shape index (κ2) is 8.55. The number of anilines is 2. The van der Waals surface area contributed by atoms with Crippen molar-refractivity contribution in [3.8, 4) is 11.5 Å². The predicted molar refractivity (Wildman–Crippen MR) is 121 cm³/mol. The van der Waals surface area contributed by atoms with Gasteiger partial charge in [0.2, 0.25) is 0 Å². The first kappa shape index (κ1) is 19.9. The molecule has 0 saturated heterocycles. The second-order valence-corrected chi connectivity index (χ2v) is 8.01. The minimum absolute atomic E-state index is 0.102. The van der Waals surface area contributed by atoms with Crippen LogP contribution in [-0.4, -0.2) is 24.6 Å². The molecule has 1 amide bonds. The van der Waals surface area contributed by atoms with Gasteiger partial charge in [-0.05, 0) is 73.5 Å². The highest BCUT2D eigenvalue weighted by molar-refractivity contribution is 7.22. The number of aryl methyl sites for hydroxylation is 2. The number of benzene rings is 3. The molecule has 6 heteroatoms. The number of fused-ring (bicyclic) bond motifs is 1. The molecule has 3 aromatic carbocycles. The van der Waals surface area contributed by atoms with Crippen LogP contribution in [-0.2, 0) is 4.79 Å². The summed E-state index contributed by atoms with van der Waals surface area (Å²) in [4.78, 5) is 19.6. The first-order valence-electron chi connectivity index (χ1n) is 9.57. The molecule has 1 aromatic heterocycles. The number of carbonyl (C=O) groups is 1. The van der Waals surface area contributed by atoms with E-state index in [1.165, 1.54) is 11.3 Å². The number of ether oxygens (including phenoxy) is 2. The number of hydrogen-bond acceptors (Lipinski definition) is 5. The van der Waals surface area contributed by atoms with Crippen molar-refractivity contribution in [1.29, 1.82) is 0 Å². The molecule has 0 unspecified atom stereocenters. The van der Waals surface area contributed by atoms with E-state index >= 15 is 0 Å². The van der Waals surface area contributed by atoms with Gasteiger partial charge in [-0.25, -0.2) is 4.98 Å². The highest BCUT2D eigenvalue weighted by atomic mass is 32.1. The monoisotopic (exact) mass is 418 g/mol. The van der Waals surface area contributed by atoms with Crippen molar-refractivity contribution in [3.05, 3.63) is 77.9 Å². The third kappa shape index (κ3) is 4.28. The van der Waals surface area contributed by atoms with Gasteiger partial charge in [-0.2, -0.15) is 0 Å². The summed E-state index contributed by atoms with van der Waals surface area (Å²) in [5.41, 5.74) is 3.82. The summed E-state index contributed by atoms with van der Waals surface area (Å²) in [6.07, 6.45) is 0. The van der Waals surface area contributed by atoms with Crippen molar-refractivity contribution in [2.45, 2.75) is 13.8 Å². The molecular weight excluding hydrogens is 396 g/mol. The number of para-hydroxylation sites is 1. The van der Waals surface area contributed by atoms with E-state index in [0.29, 0.717) is 10.9 Å². The lowest BCUT2D eigenvalue weighted by atomic mass is 10.1. The van der Waals surface area contributed by atoms with Crippen LogP contribution in [0.15, 0.2) is 66.7 Å². The van der Waals surface area contributed by atoms with E-state index in [-0.39, 0.29) is 12.5 Å². The normalized spacial score (nSPS) is 10.8. The maximum atomic E-state index is 13.3. The zero-order valence-electron chi connectivity index (χ0n) is 17.1. The standard InChI is InChI=1S/C24H22N2O3S/c1-16-12-17(2)14-18(13-16)26(24-25-21-6-4-5-7-22(21)30-24)23(27)15-29-20-10-8-19(28-3)9-11-20/h4-14H,15H2,1-3H3. The van der Waals surface area contributed by atoms with Gasteiger partial charge < -0.3 is 9.47 Å². The van der Waals surface area contributed by atoms with Crippen LogP contribution < -0.4 is 14.4 Å². The zero-order chi connectivity index (χ0) is 21.1. The van der Waals surface area contributed by atoms with Gasteiger partial charge in [0.1, 0.15) is 11.5 Å². The van der Waals surface area contributed by atoms with Crippen LogP contribution in [0.25, 0.3) is 10.2 Å². The lowest BCUT2D eigenvalue weighted by Gasteiger charge is -2.21. The molecule has 0 aliphatic rings. The van der Waals surface area contributed by atoms with Gasteiger partial charge in [0, 0.05) is 0 Å². The number of aromatic nitrogens is 1. The first-order chi connectivity index (χ1) is 14.5. The van der Waals surface area contributed by atoms with Crippen molar-refractivity contribution in [3.63, 3.8) is 0 Å². The molecular formula is C24H22N2O3S. The molecule has 152 valence electrons. The topological polar surface area (TPSA) is 51.7 Å². The molecule has 0 N–H and O–H groups in total. The van der Waals surface area contributed by atoms with Gasteiger partial charge in [-0.15, -0.1) is 0 Å². The number of methoxy groups -OCH3 is 1. The SMILES string of the molecule is COc1ccc(OCC(=O)N(c2cc(C)cc(C)c2)c2nc3ccccc3s2)cc1. The summed E-state index contributed by atoms with van der Waals surface area (Å²) in [5.74, 6) is 1.16. The number of rotatable bonds is 6. The van der Waals surface area contributed by atoms with Crippen LogP contribution >= 0.6 is 11.3 Å². The highest BCUT2D eigenvalue weighted by Crippen LogP contribution is 2.34. The molecule has 0 saturated carbocycles. The van der Waals surface area contributed by atoms with Crippen molar-refractivity contribution in [2.75, 3.05) is 18.6 Å². The van der Waals surface area contributed by atoms with Crippen molar-refractivity contribution >= 4 is 38.3 Å². The fourth-order valence-electron chi connectivity index (χ4n) is 3.28. The maximum Gasteiger partial charge on any atom is 0.271 e. The molecule has 5 nitrogen and oxygen atoms in total. The second-order valence-electron chi connectivity index (χ2n) is 7.00. The van der Waals surface area contributed by atoms with Crippen LogP contribution in [0.2, 0.25) is 0 Å². The summed E-state index contributed by atoms with van der Waals surface area (Å²) in [7, 11) is 1.61. The van der Waals surface area contributed by atoms with E-state index in [9.17, 15) is 4.79 Å². The zero-order valence-corrected chi connectivity index (χ0v) is 17.9. The molecule has 0 aliphatic heterocycles. The lowest BCUT2D eigenvalue weighted by molar-refractivity contribution is -0.119. The third-order valence-electron chi connectivity index (χ3n) is 4.61. The van der Waals surface area contributed by atoms with Gasteiger partial charge in [-0.3, -0.25) is 9.69 Å². The summed E-state index contributed by atoms with van der Waals surface area (Å²) in [5, 5.41) is 0.629. The minimum Gasteiger partial charge on any atom is -0.497 e. The Bertz CT molecular complexity index is 1130. The first-order valence-corrected chi connectivity index (χ1v) is 10.4. The Morgan fingerprint density at radius 3 is 2.30 bits per heavy atom. The Labute approximate surface area is 179 Å². The predicted octanol–water partition coefficient (Wildman–Crippen LogP) is 5.67. The van der Waals surface area contributed by atoms with Crippen LogP contribution in [0.4, 0.5) is 10.8 Å². The average Bonchev–Trinajstić information content (AvgIpc) is 3.15. The summed E-state index contributed by atoms with van der Waals surface area (Å²) in [6.45, 7) is 3.94. The average molecular weight is 419 g/mol. The smallest absolute Gasteiger partial charge is 0.271 e. The van der Waals surface area contributed by atoms with E-state index in [2.05, 4.69) is 6.07 Å². The van der Waals surface area contributed by atoms with Crippen molar-refractivity contribution in [2.24, 2.45) is 0 Å². The van der Waals surface area contributed by atoms with Crippen LogP contribution in [0.3, 0.4) is 0 Å². The lowest BCUT2D eigenvalue weighted by Crippen LogP contribution is -2.31. The third-order valence-corrected chi connectivity index (χ3v) is 5.63. The van der Waals surface area contributed by atoms with Gasteiger partial charge in [-0.1, -0.05) is 29.5 Å². The Kier molecular flexibility index (Phi) is 5.68. The quantitative estimate of drug-likeness (QED) is 0.405. The molecule has 0 bridgehead atoms. The van der Waals surface area contributed by atoms with Crippen molar-refractivity contribution < 1.29 is 14.3 Å². The van der Waals surface area contributed by atoms with E-state index in [4.69, 9.17) is 14.5 Å². The van der Waals surface area contributed by atoms with E-state index < -0.39 is 0 Å². The number of amides is 1. The minimum atomic E-state index is -0.185. The molecule has 1 heterocycles. The van der Waals surface area contributed by atoms with E-state index in [1.54, 1.807) is 36.3 Å². The number of nitrogens with zero attached hydrogens (tertiary/aromatic N) is 2. The Morgan fingerprint density at radius 1 is 0.967 bits per heavy atom. The molecule has 0 radical (unpaired) electrons. The van der Waals surface area contributed by atoms with Gasteiger partial charge in [0.05, 0.1) is 23.0 Å². The molecule has 4 aromatic rings. The fraction of sp³-hybridized carbons (Fsp3) is 0.167. The van der Waals surface area contributed by atoms with Crippen LogP contribution in [0.5, 0.6) is 11.5 Å². The number of carbonyl (C=O) groups excluding carboxylic acids is 1. The Morgan fingerprint density at radius 2 is 1.63 bits per heavy atom. The molecule has 0 aliphatic carbocycles. The van der Waals surface area contributed by atoms with Crippen LogP contribution in [0.1, 0.15) is 11.1 Å². The summed E-state index contributed by atoms with van der Waals surface area (Å²) in [6, 6.07) is 21.1. The highest BCUT2D eigenvalue weighted by Gasteiger charge is 2.23. The Hall–Kier alpha value is -3.38. The van der Waals surface area contributed by atoms with Gasteiger partial charge >= 0.3 is 0 Å². The molecule has 30 heavy (non-hydrogen) atoms. The van der Waals surface area contributed by atoms with Crippen molar-refractivity contribution in [1.82, 2.24) is 4.98 Å². The molecule has 4 rings (SSSR count). The molecule has 0 fully saturated rings. The fourth-order valence-corrected chi connectivity index (χ4v) is 4.28. The molecule has 0 spiro atoms. The maximum absolute atomic E-state index is 13.3. The molecule has 0 atom stereocenters. The van der Waals surface area contributed by atoms with Gasteiger partial charge in [0.15, 0.2) is 11.7 Å². The summed E-state index contributed by atoms with van der Waals surface area (Å²) < 4.78 is 12.0. The number of hydrogen-bond donors (Lipinski definition) is 0. The summed E-state index contributed by atoms with van der Waals surface area (Å²) >= 11 is 1.49. The van der Waals surface area contributed by atoms with E-state index in [0.717, 1.165) is 32.8 Å². The van der Waals surface area contributed by atoms with Gasteiger partial charge in [0.25, 0.3) is 5.91 Å². The van der Waals surface area contributed by atoms with E-state index in [1.807, 2.05) is 50.2 Å². The largest absolute Gasteiger partial charge is 0.497 e. The van der Waals surface area contributed by atoms with Crippen LogP contribution in [0, 0.1) is 13.8 Å².